The van der Waals surface area contributed by atoms with E-state index in [0.717, 1.165) is 56.0 Å². The molecule has 8 rings (SSSR count). The Morgan fingerprint density at radius 3 is 1.98 bits per heavy atom. The van der Waals surface area contributed by atoms with Crippen molar-refractivity contribution in [3.05, 3.63) is 187 Å². The number of nitrogens with zero attached hydrogens (tertiary/aromatic N) is 2. The fourth-order valence-electron chi connectivity index (χ4n) is 7.08. The molecule has 0 N–H and O–H groups in total. The van der Waals surface area contributed by atoms with E-state index in [1.165, 1.54) is 38.2 Å². The number of pyridine rings is 1. The average molecular weight is 643 g/mol. The van der Waals surface area contributed by atoms with Crippen LogP contribution in [0.1, 0.15) is 26.3 Å². The van der Waals surface area contributed by atoms with E-state index in [0.29, 0.717) is 0 Å². The van der Waals surface area contributed by atoms with E-state index in [-0.39, 0.29) is 0 Å². The van der Waals surface area contributed by atoms with E-state index in [1.807, 2.05) is 12.1 Å². The fraction of sp³-hybridized carbons (Fsp3) is 0.0625. The topological polar surface area (TPSA) is 17.3 Å². The number of hydrogen-bond donors (Lipinski definition) is 0. The normalized spacial score (nSPS) is 11.7. The van der Waals surface area contributed by atoms with Crippen LogP contribution in [0.3, 0.4) is 0 Å². The Kier molecular flexibility index (Phi) is 8.06. The summed E-state index contributed by atoms with van der Waals surface area (Å²) in [7, 11) is 0. The largest absolute Gasteiger partial charge is 0.299 e. The minimum Gasteiger partial charge on any atom is -0.299 e. The van der Waals surface area contributed by atoms with Crippen LogP contribution in [0.2, 0.25) is 0 Å². The van der Waals surface area contributed by atoms with Crippen LogP contribution in [0.5, 0.6) is 0 Å². The fourth-order valence-corrected chi connectivity index (χ4v) is 7.08. The molecular formula is C48H38N2. The molecule has 8 aromatic rings. The van der Waals surface area contributed by atoms with Gasteiger partial charge in [-0.2, -0.15) is 0 Å². The Balaban J connectivity index is 1.32. The van der Waals surface area contributed by atoms with Crippen LogP contribution in [0.15, 0.2) is 182 Å². The molecule has 0 aliphatic heterocycles. The van der Waals surface area contributed by atoms with Gasteiger partial charge in [-0.1, -0.05) is 139 Å². The van der Waals surface area contributed by atoms with Crippen molar-refractivity contribution in [2.24, 2.45) is 0 Å². The van der Waals surface area contributed by atoms with Gasteiger partial charge in [-0.3, -0.25) is 4.40 Å². The van der Waals surface area contributed by atoms with Crippen LogP contribution in [0.4, 0.5) is 0 Å². The summed E-state index contributed by atoms with van der Waals surface area (Å²) in [5.41, 5.74) is 14.5. The average Bonchev–Trinajstić information content (AvgIpc) is 3.54. The van der Waals surface area contributed by atoms with Crippen molar-refractivity contribution in [2.75, 3.05) is 0 Å². The molecule has 0 bridgehead atoms. The lowest BCUT2D eigenvalue weighted by molar-refractivity contribution is 1.19. The number of rotatable bonds is 7. The smallest absolute Gasteiger partial charge is 0.137 e. The van der Waals surface area contributed by atoms with Gasteiger partial charge >= 0.3 is 0 Å². The summed E-state index contributed by atoms with van der Waals surface area (Å²) >= 11 is 0. The van der Waals surface area contributed by atoms with E-state index in [4.69, 9.17) is 4.98 Å². The minimum atomic E-state index is 0.932. The predicted molar refractivity (Wildman–Crippen MR) is 214 cm³/mol. The van der Waals surface area contributed by atoms with Gasteiger partial charge in [-0.25, -0.2) is 4.98 Å². The number of hydrogen-bond acceptors (Lipinski definition) is 1. The third-order valence-corrected chi connectivity index (χ3v) is 9.26. The molecule has 0 saturated carbocycles. The molecule has 0 fully saturated rings. The maximum atomic E-state index is 5.05. The maximum absolute atomic E-state index is 5.05. The second-order valence-electron chi connectivity index (χ2n) is 13.3. The molecule has 2 aromatic heterocycles. The van der Waals surface area contributed by atoms with Gasteiger partial charge in [0.15, 0.2) is 0 Å². The van der Waals surface area contributed by atoms with E-state index in [9.17, 15) is 0 Å². The summed E-state index contributed by atoms with van der Waals surface area (Å²) in [5.74, 6) is 0. The summed E-state index contributed by atoms with van der Waals surface area (Å²) in [6.07, 6.45) is 6.54. The second kappa shape index (κ2) is 13.0. The van der Waals surface area contributed by atoms with E-state index in [2.05, 4.69) is 184 Å². The van der Waals surface area contributed by atoms with Gasteiger partial charge in [0.1, 0.15) is 5.65 Å². The highest BCUT2D eigenvalue weighted by atomic mass is 15.0. The summed E-state index contributed by atoms with van der Waals surface area (Å²) in [6.45, 7) is 10.6. The molecule has 50 heavy (non-hydrogen) atoms. The van der Waals surface area contributed by atoms with Crippen LogP contribution in [0, 0.1) is 0 Å². The Morgan fingerprint density at radius 1 is 0.560 bits per heavy atom. The zero-order chi connectivity index (χ0) is 34.2. The molecule has 2 heterocycles. The van der Waals surface area contributed by atoms with E-state index < -0.39 is 0 Å². The zero-order valence-electron chi connectivity index (χ0n) is 28.7. The highest BCUT2D eigenvalue weighted by Gasteiger charge is 2.17. The first-order chi connectivity index (χ1) is 24.4. The zero-order valence-corrected chi connectivity index (χ0v) is 28.7. The van der Waals surface area contributed by atoms with E-state index >= 15 is 0 Å². The summed E-state index contributed by atoms with van der Waals surface area (Å²) in [5, 5.41) is 5.02. The molecule has 0 aliphatic carbocycles. The standard InChI is InChI=1S/C48H38N2/c1-32(2)26-38(27-33(3)4)40-28-39(29-41(30-40)45-31-37-16-8-9-17-42(37)43-18-10-11-19-44(43)45)34-21-23-36(24-22-34)48-47(35-14-6-5-7-15-35)49-46-20-12-13-25-50(46)48/h5-31H,1H2,2-4H3/b38-26+. The van der Waals surface area contributed by atoms with Crippen molar-refractivity contribution in [1.82, 2.24) is 9.38 Å². The van der Waals surface area contributed by atoms with Gasteiger partial charge in [0.05, 0.1) is 11.4 Å². The first-order valence-corrected chi connectivity index (χ1v) is 17.1. The highest BCUT2D eigenvalue weighted by molar-refractivity contribution is 6.14. The summed E-state index contributed by atoms with van der Waals surface area (Å²) in [4.78, 5) is 5.05. The monoisotopic (exact) mass is 642 g/mol. The Hall–Kier alpha value is -6.25. The van der Waals surface area contributed by atoms with Gasteiger partial charge in [0.2, 0.25) is 0 Å². The molecule has 0 spiro atoms. The van der Waals surface area contributed by atoms with Crippen molar-refractivity contribution in [2.45, 2.75) is 20.8 Å². The van der Waals surface area contributed by atoms with Crippen LogP contribution in [0.25, 0.3) is 77.5 Å². The summed E-state index contributed by atoms with van der Waals surface area (Å²) in [6, 6.07) is 52.4. The molecule has 0 atom stereocenters. The van der Waals surface area contributed by atoms with Gasteiger partial charge < -0.3 is 0 Å². The number of fused-ring (bicyclic) bond motifs is 4. The van der Waals surface area contributed by atoms with Gasteiger partial charge in [-0.15, -0.1) is 0 Å². The Labute approximate surface area is 294 Å². The van der Waals surface area contributed by atoms with Crippen LogP contribution >= 0.6 is 0 Å². The van der Waals surface area contributed by atoms with Crippen molar-refractivity contribution >= 4 is 32.8 Å². The molecule has 0 amide bonds. The lowest BCUT2D eigenvalue weighted by Crippen LogP contribution is -1.92. The SMILES string of the molecule is C=C(C)/C=C(\C=C(C)C)c1cc(-c2ccc(-c3c(-c4ccccc4)nc4ccccn34)cc2)cc(-c2cc3ccccc3c3ccccc23)c1. The third kappa shape index (κ3) is 5.86. The molecule has 240 valence electrons. The number of allylic oxidation sites excluding steroid dienone is 5. The van der Waals surface area contributed by atoms with Crippen molar-refractivity contribution < 1.29 is 0 Å². The molecule has 0 radical (unpaired) electrons. The summed E-state index contributed by atoms with van der Waals surface area (Å²) < 4.78 is 2.19. The molecule has 2 nitrogen and oxygen atoms in total. The first kappa shape index (κ1) is 31.0. The van der Waals surface area contributed by atoms with Gasteiger partial charge in [0, 0.05) is 17.3 Å². The maximum Gasteiger partial charge on any atom is 0.137 e. The quantitative estimate of drug-likeness (QED) is 0.125. The highest BCUT2D eigenvalue weighted by Crippen LogP contribution is 2.39. The first-order valence-electron chi connectivity index (χ1n) is 17.1. The third-order valence-electron chi connectivity index (χ3n) is 9.26. The second-order valence-corrected chi connectivity index (χ2v) is 13.3. The lowest BCUT2D eigenvalue weighted by Gasteiger charge is -2.16. The predicted octanol–water partition coefficient (Wildman–Crippen LogP) is 13.2. The molecular weight excluding hydrogens is 605 g/mol. The molecule has 0 saturated heterocycles. The molecule has 0 unspecified atom stereocenters. The number of aromatic nitrogens is 2. The van der Waals surface area contributed by atoms with Crippen molar-refractivity contribution in [1.29, 1.82) is 0 Å². The van der Waals surface area contributed by atoms with E-state index in [1.54, 1.807) is 0 Å². The van der Waals surface area contributed by atoms with Crippen molar-refractivity contribution in [3.8, 4) is 44.8 Å². The number of benzene rings is 6. The lowest BCUT2D eigenvalue weighted by atomic mass is 9.88. The Morgan fingerprint density at radius 2 is 1.22 bits per heavy atom. The van der Waals surface area contributed by atoms with Crippen LogP contribution < -0.4 is 0 Å². The van der Waals surface area contributed by atoms with Crippen LogP contribution in [-0.4, -0.2) is 9.38 Å². The Bertz CT molecular complexity index is 2610. The van der Waals surface area contributed by atoms with Crippen molar-refractivity contribution in [3.63, 3.8) is 0 Å². The number of imidazole rings is 1. The minimum absolute atomic E-state index is 0.932. The molecule has 2 heteroatoms. The van der Waals surface area contributed by atoms with Crippen LogP contribution in [-0.2, 0) is 0 Å². The van der Waals surface area contributed by atoms with Gasteiger partial charge in [-0.05, 0) is 112 Å². The molecule has 6 aromatic carbocycles. The molecule has 0 aliphatic rings. The van der Waals surface area contributed by atoms with Gasteiger partial charge in [0.25, 0.3) is 0 Å².